The Bertz CT molecular complexity index is 713. The van der Waals surface area contributed by atoms with Crippen molar-refractivity contribution in [1.82, 2.24) is 19.3 Å². The van der Waals surface area contributed by atoms with E-state index < -0.39 is 0 Å². The van der Waals surface area contributed by atoms with Gasteiger partial charge in [-0.3, -0.25) is 4.31 Å². The monoisotopic (exact) mass is 349 g/mol. The highest BCUT2D eigenvalue weighted by Gasteiger charge is 2.26. The van der Waals surface area contributed by atoms with E-state index in [4.69, 9.17) is 11.6 Å². The Balaban J connectivity index is 1.52. The van der Waals surface area contributed by atoms with Crippen molar-refractivity contribution >= 4 is 40.4 Å². The van der Waals surface area contributed by atoms with Crippen molar-refractivity contribution in [1.29, 1.82) is 0 Å². The van der Waals surface area contributed by atoms with Crippen molar-refractivity contribution in [2.24, 2.45) is 0 Å². The maximum Gasteiger partial charge on any atom is 0.223 e. The zero-order valence-electron chi connectivity index (χ0n) is 13.1. The molecule has 1 saturated carbocycles. The van der Waals surface area contributed by atoms with Crippen molar-refractivity contribution in [2.45, 2.75) is 37.6 Å². The fourth-order valence-electron chi connectivity index (χ4n) is 3.04. The molecule has 1 aliphatic carbocycles. The third kappa shape index (κ3) is 3.39. The van der Waals surface area contributed by atoms with E-state index in [1.807, 2.05) is 18.1 Å². The molecule has 2 aromatic heterocycles. The number of piperidine rings is 1. The lowest BCUT2D eigenvalue weighted by Crippen LogP contribution is -2.35. The predicted octanol–water partition coefficient (Wildman–Crippen LogP) is 3.71. The minimum Gasteiger partial charge on any atom is -0.351 e. The summed E-state index contributed by atoms with van der Waals surface area (Å²) < 4.78 is 2.39. The normalized spacial score (nSPS) is 20.1. The first kappa shape index (κ1) is 15.4. The van der Waals surface area contributed by atoms with Crippen LogP contribution in [-0.4, -0.2) is 44.6 Å². The number of fused-ring (bicyclic) bond motifs is 1. The highest BCUT2D eigenvalue weighted by molar-refractivity contribution is 7.96. The van der Waals surface area contributed by atoms with Crippen LogP contribution in [0.5, 0.6) is 0 Å². The molecule has 1 saturated heterocycles. The fourth-order valence-corrected chi connectivity index (χ4v) is 3.87. The summed E-state index contributed by atoms with van der Waals surface area (Å²) in [6.07, 6.45) is 8.63. The van der Waals surface area contributed by atoms with Crippen LogP contribution >= 0.6 is 23.5 Å². The number of pyridine rings is 1. The van der Waals surface area contributed by atoms with Gasteiger partial charge >= 0.3 is 0 Å². The summed E-state index contributed by atoms with van der Waals surface area (Å²) >= 11 is 8.16. The quantitative estimate of drug-likeness (QED) is 0.670. The van der Waals surface area contributed by atoms with Gasteiger partial charge in [-0.15, -0.1) is 0 Å². The van der Waals surface area contributed by atoms with E-state index in [0.29, 0.717) is 23.1 Å². The summed E-state index contributed by atoms with van der Waals surface area (Å²) in [4.78, 5) is 13.6. The smallest absolute Gasteiger partial charge is 0.223 e. The molecule has 7 heteroatoms. The lowest BCUT2D eigenvalue weighted by Gasteiger charge is -2.30. The van der Waals surface area contributed by atoms with Crippen LogP contribution in [0.25, 0.3) is 10.9 Å². The third-order valence-corrected chi connectivity index (χ3v) is 5.73. The van der Waals surface area contributed by atoms with Crippen LogP contribution in [0.15, 0.2) is 12.3 Å². The summed E-state index contributed by atoms with van der Waals surface area (Å²) in [5.41, 5.74) is 1.83. The molecule has 3 heterocycles. The molecule has 0 spiro atoms. The summed E-state index contributed by atoms with van der Waals surface area (Å²) in [5, 5.41) is 4.92. The van der Waals surface area contributed by atoms with E-state index >= 15 is 0 Å². The number of hydrogen-bond donors (Lipinski definition) is 1. The molecule has 4 rings (SSSR count). The van der Waals surface area contributed by atoms with Gasteiger partial charge in [0.25, 0.3) is 0 Å². The van der Waals surface area contributed by atoms with Crippen molar-refractivity contribution in [3.05, 3.63) is 23.1 Å². The van der Waals surface area contributed by atoms with Crippen LogP contribution in [0.3, 0.4) is 0 Å². The molecule has 1 N–H and O–H groups in total. The minimum atomic E-state index is 0.424. The Morgan fingerprint density at radius 3 is 2.70 bits per heavy atom. The molecule has 0 aromatic carbocycles. The summed E-state index contributed by atoms with van der Waals surface area (Å²) in [7, 11) is 0. The SMILES string of the molecule is CSN1CCC(Nc2ncc3cc(C4CC4)nc(Cl)c3n2)CC1. The number of hydrogen-bond acceptors (Lipinski definition) is 6. The summed E-state index contributed by atoms with van der Waals surface area (Å²) in [6, 6.07) is 2.51. The second kappa shape index (κ2) is 6.42. The zero-order chi connectivity index (χ0) is 15.8. The number of rotatable bonds is 4. The van der Waals surface area contributed by atoms with Gasteiger partial charge in [0.1, 0.15) is 5.52 Å². The van der Waals surface area contributed by atoms with Gasteiger partial charge < -0.3 is 5.32 Å². The molecule has 1 aliphatic heterocycles. The third-order valence-electron chi connectivity index (χ3n) is 4.58. The van der Waals surface area contributed by atoms with Crippen LogP contribution in [0.2, 0.25) is 5.15 Å². The molecule has 2 aromatic rings. The molecule has 0 bridgehead atoms. The van der Waals surface area contributed by atoms with E-state index in [1.165, 1.54) is 12.8 Å². The molecule has 122 valence electrons. The maximum absolute atomic E-state index is 6.35. The Labute approximate surface area is 145 Å². The lowest BCUT2D eigenvalue weighted by molar-refractivity contribution is 0.358. The van der Waals surface area contributed by atoms with Crippen molar-refractivity contribution < 1.29 is 0 Å². The molecule has 0 unspecified atom stereocenters. The van der Waals surface area contributed by atoms with E-state index in [0.717, 1.165) is 42.5 Å². The molecule has 2 fully saturated rings. The van der Waals surface area contributed by atoms with Gasteiger partial charge in [0.15, 0.2) is 5.15 Å². The molecular weight excluding hydrogens is 330 g/mol. The molecule has 2 aliphatic rings. The summed E-state index contributed by atoms with van der Waals surface area (Å²) in [6.45, 7) is 2.19. The molecular formula is C16H20ClN5S. The number of anilines is 1. The molecule has 0 amide bonds. The van der Waals surface area contributed by atoms with Gasteiger partial charge in [-0.2, -0.15) is 0 Å². The van der Waals surface area contributed by atoms with Crippen molar-refractivity contribution in [3.8, 4) is 0 Å². The Hall–Kier alpha value is -1.11. The number of aromatic nitrogens is 3. The largest absolute Gasteiger partial charge is 0.351 e. The van der Waals surface area contributed by atoms with Gasteiger partial charge in [0, 0.05) is 42.3 Å². The first-order valence-electron chi connectivity index (χ1n) is 8.11. The van der Waals surface area contributed by atoms with Gasteiger partial charge in [-0.25, -0.2) is 15.0 Å². The standard InChI is InChI=1S/C16H20ClN5S/c1-23-22-6-4-12(5-7-22)19-16-18-9-11-8-13(10-2-3-10)20-15(17)14(11)21-16/h8-10,12H,2-7H2,1H3,(H,18,19,21). The van der Waals surface area contributed by atoms with Gasteiger partial charge in [-0.1, -0.05) is 23.5 Å². The van der Waals surface area contributed by atoms with Gasteiger partial charge in [0.05, 0.1) is 0 Å². The fraction of sp³-hybridized carbons (Fsp3) is 0.562. The van der Waals surface area contributed by atoms with Crippen LogP contribution in [0, 0.1) is 0 Å². The first-order valence-corrected chi connectivity index (χ1v) is 9.67. The number of halogens is 1. The van der Waals surface area contributed by atoms with Gasteiger partial charge in [0.2, 0.25) is 5.95 Å². The van der Waals surface area contributed by atoms with E-state index in [-0.39, 0.29) is 0 Å². The second-order valence-corrected chi connectivity index (χ2v) is 7.51. The number of nitrogens with one attached hydrogen (secondary N) is 1. The van der Waals surface area contributed by atoms with E-state index in [9.17, 15) is 0 Å². The van der Waals surface area contributed by atoms with Crippen LogP contribution < -0.4 is 5.32 Å². The Morgan fingerprint density at radius 1 is 1.22 bits per heavy atom. The highest BCUT2D eigenvalue weighted by Crippen LogP contribution is 2.40. The minimum absolute atomic E-state index is 0.424. The van der Waals surface area contributed by atoms with E-state index in [1.54, 1.807) is 0 Å². The highest BCUT2D eigenvalue weighted by atomic mass is 35.5. The first-order chi connectivity index (χ1) is 11.2. The average molecular weight is 350 g/mol. The average Bonchev–Trinajstić information content (AvgIpc) is 3.41. The van der Waals surface area contributed by atoms with Crippen molar-refractivity contribution in [2.75, 3.05) is 24.7 Å². The molecule has 0 atom stereocenters. The van der Waals surface area contributed by atoms with Crippen LogP contribution in [0.1, 0.15) is 37.3 Å². The summed E-state index contributed by atoms with van der Waals surface area (Å²) in [5.74, 6) is 1.24. The Morgan fingerprint density at radius 2 is 2.00 bits per heavy atom. The lowest BCUT2D eigenvalue weighted by atomic mass is 10.1. The number of nitrogens with zero attached hydrogens (tertiary/aromatic N) is 4. The van der Waals surface area contributed by atoms with E-state index in [2.05, 4.69) is 36.9 Å². The Kier molecular flexibility index (Phi) is 4.30. The molecule has 23 heavy (non-hydrogen) atoms. The van der Waals surface area contributed by atoms with Crippen LogP contribution in [0.4, 0.5) is 5.95 Å². The topological polar surface area (TPSA) is 53.9 Å². The second-order valence-electron chi connectivity index (χ2n) is 6.27. The van der Waals surface area contributed by atoms with Gasteiger partial charge in [-0.05, 0) is 38.0 Å². The predicted molar refractivity (Wildman–Crippen MR) is 96.1 cm³/mol. The molecule has 5 nitrogen and oxygen atoms in total. The van der Waals surface area contributed by atoms with Crippen molar-refractivity contribution in [3.63, 3.8) is 0 Å². The van der Waals surface area contributed by atoms with Crippen LogP contribution in [-0.2, 0) is 0 Å². The zero-order valence-corrected chi connectivity index (χ0v) is 14.7. The molecule has 0 radical (unpaired) electrons. The maximum atomic E-state index is 6.35.